The van der Waals surface area contributed by atoms with Crippen LogP contribution in [0, 0.1) is 5.82 Å². The van der Waals surface area contributed by atoms with Gasteiger partial charge in [-0.15, -0.1) is 0 Å². The molecule has 2 aliphatic rings. The Morgan fingerprint density at radius 1 is 1.14 bits per heavy atom. The Morgan fingerprint density at radius 3 is 2.50 bits per heavy atom. The van der Waals surface area contributed by atoms with Crippen molar-refractivity contribution in [3.8, 4) is 5.75 Å². The Kier molecular flexibility index (Phi) is 7.22. The molecule has 0 atom stereocenters. The number of nitrogens with zero attached hydrogens (tertiary/aromatic N) is 2. The molecule has 8 heteroatoms. The van der Waals surface area contributed by atoms with E-state index in [0.29, 0.717) is 12.3 Å². The third-order valence-electron chi connectivity index (χ3n) is 5.41. The topological polar surface area (TPSA) is 73.9 Å². The second-order valence-corrected chi connectivity index (χ2v) is 7.51. The lowest BCUT2D eigenvalue weighted by Gasteiger charge is -2.34. The van der Waals surface area contributed by atoms with Crippen molar-refractivity contribution >= 4 is 11.9 Å². The second kappa shape index (κ2) is 9.84. The summed E-state index contributed by atoms with van der Waals surface area (Å²) in [6.07, 6.45) is 4.23. The Labute approximate surface area is 165 Å². The third kappa shape index (κ3) is 5.90. The molecular formula is C20H29FN4O3. The normalized spacial score (nSPS) is 18.8. The van der Waals surface area contributed by atoms with E-state index < -0.39 is 6.03 Å². The fourth-order valence-corrected chi connectivity index (χ4v) is 3.88. The molecule has 0 spiro atoms. The number of methoxy groups -OCH3 is 1. The molecule has 0 bridgehead atoms. The van der Waals surface area contributed by atoms with Gasteiger partial charge in [0, 0.05) is 44.3 Å². The van der Waals surface area contributed by atoms with Crippen LogP contribution in [0.25, 0.3) is 0 Å². The van der Waals surface area contributed by atoms with Gasteiger partial charge in [-0.3, -0.25) is 19.9 Å². The quantitative estimate of drug-likeness (QED) is 0.771. The number of halogens is 1. The van der Waals surface area contributed by atoms with Crippen LogP contribution in [0.3, 0.4) is 0 Å². The summed E-state index contributed by atoms with van der Waals surface area (Å²) >= 11 is 0. The maximum absolute atomic E-state index is 13.5. The van der Waals surface area contributed by atoms with Crippen LogP contribution >= 0.6 is 0 Å². The first-order valence-corrected chi connectivity index (χ1v) is 9.91. The molecule has 0 unspecified atom stereocenters. The van der Waals surface area contributed by atoms with Gasteiger partial charge in [0.2, 0.25) is 5.91 Å². The molecule has 154 valence electrons. The SMILES string of the molecule is COc1ccc(F)cc1CN1CCN(CC(=O)NC(=O)NC2CCCC2)CC1. The zero-order valence-electron chi connectivity index (χ0n) is 16.4. The minimum atomic E-state index is -0.395. The van der Waals surface area contributed by atoms with E-state index in [1.165, 1.54) is 12.1 Å². The van der Waals surface area contributed by atoms with Crippen LogP contribution in [0.15, 0.2) is 18.2 Å². The molecule has 7 nitrogen and oxygen atoms in total. The Bertz CT molecular complexity index is 686. The fraction of sp³-hybridized carbons (Fsp3) is 0.600. The lowest BCUT2D eigenvalue weighted by atomic mass is 10.1. The van der Waals surface area contributed by atoms with Crippen LogP contribution in [0.1, 0.15) is 31.2 Å². The monoisotopic (exact) mass is 392 g/mol. The average molecular weight is 392 g/mol. The molecule has 1 aromatic rings. The van der Waals surface area contributed by atoms with Crippen molar-refractivity contribution in [3.05, 3.63) is 29.6 Å². The minimum Gasteiger partial charge on any atom is -0.496 e. The lowest BCUT2D eigenvalue weighted by molar-refractivity contribution is -0.121. The van der Waals surface area contributed by atoms with Crippen molar-refractivity contribution in [2.75, 3.05) is 39.8 Å². The number of hydrogen-bond acceptors (Lipinski definition) is 5. The summed E-state index contributed by atoms with van der Waals surface area (Å²) < 4.78 is 18.8. The van der Waals surface area contributed by atoms with Crippen molar-refractivity contribution in [1.29, 1.82) is 0 Å². The largest absolute Gasteiger partial charge is 0.496 e. The van der Waals surface area contributed by atoms with Crippen LogP contribution < -0.4 is 15.4 Å². The highest BCUT2D eigenvalue weighted by molar-refractivity contribution is 5.95. The molecule has 1 saturated heterocycles. The summed E-state index contributed by atoms with van der Waals surface area (Å²) in [6.45, 7) is 3.77. The molecule has 28 heavy (non-hydrogen) atoms. The maximum atomic E-state index is 13.5. The number of carbonyl (C=O) groups excluding carboxylic acids is 2. The zero-order chi connectivity index (χ0) is 19.9. The van der Waals surface area contributed by atoms with Gasteiger partial charge in [-0.2, -0.15) is 0 Å². The van der Waals surface area contributed by atoms with Crippen molar-refractivity contribution in [2.45, 2.75) is 38.3 Å². The zero-order valence-corrected chi connectivity index (χ0v) is 16.4. The Morgan fingerprint density at radius 2 is 1.82 bits per heavy atom. The standard InChI is InChI=1S/C20H29FN4O3/c1-28-18-7-6-16(21)12-15(18)13-24-8-10-25(11-9-24)14-19(26)23-20(27)22-17-4-2-3-5-17/h6-7,12,17H,2-5,8-11,13-14H2,1H3,(H2,22,23,26,27). The highest BCUT2D eigenvalue weighted by Gasteiger charge is 2.22. The van der Waals surface area contributed by atoms with Gasteiger partial charge in [-0.25, -0.2) is 9.18 Å². The summed E-state index contributed by atoms with van der Waals surface area (Å²) in [5, 5.41) is 5.28. The Balaban J connectivity index is 1.39. The van der Waals surface area contributed by atoms with Gasteiger partial charge < -0.3 is 10.1 Å². The van der Waals surface area contributed by atoms with E-state index in [1.54, 1.807) is 13.2 Å². The van der Waals surface area contributed by atoms with Crippen LogP contribution in [-0.2, 0) is 11.3 Å². The van der Waals surface area contributed by atoms with Crippen molar-refractivity contribution < 1.29 is 18.7 Å². The van der Waals surface area contributed by atoms with E-state index in [-0.39, 0.29) is 24.3 Å². The second-order valence-electron chi connectivity index (χ2n) is 7.51. The minimum absolute atomic E-state index is 0.191. The molecule has 1 heterocycles. The van der Waals surface area contributed by atoms with Gasteiger partial charge >= 0.3 is 6.03 Å². The fourth-order valence-electron chi connectivity index (χ4n) is 3.88. The smallest absolute Gasteiger partial charge is 0.321 e. The summed E-state index contributed by atoms with van der Waals surface area (Å²) in [5.41, 5.74) is 0.817. The van der Waals surface area contributed by atoms with Crippen molar-refractivity contribution in [1.82, 2.24) is 20.4 Å². The number of benzene rings is 1. The van der Waals surface area contributed by atoms with Crippen LogP contribution in [0.4, 0.5) is 9.18 Å². The molecule has 3 rings (SSSR count). The molecule has 2 N–H and O–H groups in total. The van der Waals surface area contributed by atoms with E-state index in [4.69, 9.17) is 4.74 Å². The van der Waals surface area contributed by atoms with Crippen molar-refractivity contribution in [3.63, 3.8) is 0 Å². The summed E-state index contributed by atoms with van der Waals surface area (Å²) in [4.78, 5) is 28.2. The highest BCUT2D eigenvalue weighted by atomic mass is 19.1. The molecule has 1 aliphatic carbocycles. The van der Waals surface area contributed by atoms with Gasteiger partial charge in [0.15, 0.2) is 0 Å². The number of urea groups is 1. The van der Waals surface area contributed by atoms with Crippen molar-refractivity contribution in [2.24, 2.45) is 0 Å². The number of ether oxygens (including phenoxy) is 1. The summed E-state index contributed by atoms with van der Waals surface area (Å²) in [7, 11) is 1.58. The van der Waals surface area contributed by atoms with Gasteiger partial charge in [-0.1, -0.05) is 12.8 Å². The number of piperazine rings is 1. The van der Waals surface area contributed by atoms with Crippen LogP contribution in [-0.4, -0.2) is 67.6 Å². The molecule has 0 aromatic heterocycles. The third-order valence-corrected chi connectivity index (χ3v) is 5.41. The van der Waals surface area contributed by atoms with Gasteiger partial charge in [0.05, 0.1) is 13.7 Å². The molecule has 2 fully saturated rings. The maximum Gasteiger partial charge on any atom is 0.321 e. The van der Waals surface area contributed by atoms with E-state index in [0.717, 1.165) is 57.4 Å². The van der Waals surface area contributed by atoms with Crippen LogP contribution in [0.5, 0.6) is 5.75 Å². The summed E-state index contributed by atoms with van der Waals surface area (Å²) in [6, 6.07) is 4.33. The van der Waals surface area contributed by atoms with E-state index in [1.807, 2.05) is 4.90 Å². The first kappa shape index (κ1) is 20.5. The Hall–Kier alpha value is -2.19. The number of carbonyl (C=O) groups is 2. The van der Waals surface area contributed by atoms with Crippen LogP contribution in [0.2, 0.25) is 0 Å². The van der Waals surface area contributed by atoms with E-state index in [9.17, 15) is 14.0 Å². The molecule has 3 amide bonds. The first-order chi connectivity index (χ1) is 13.5. The average Bonchev–Trinajstić information content (AvgIpc) is 3.16. The van der Waals surface area contributed by atoms with E-state index in [2.05, 4.69) is 15.5 Å². The number of nitrogens with one attached hydrogen (secondary N) is 2. The number of amides is 3. The first-order valence-electron chi connectivity index (χ1n) is 9.91. The molecule has 1 aromatic carbocycles. The molecule has 0 radical (unpaired) electrons. The van der Waals surface area contributed by atoms with E-state index >= 15 is 0 Å². The summed E-state index contributed by atoms with van der Waals surface area (Å²) in [5.74, 6) is 0.120. The van der Waals surface area contributed by atoms with Gasteiger partial charge in [-0.05, 0) is 31.0 Å². The highest BCUT2D eigenvalue weighted by Crippen LogP contribution is 2.21. The predicted octanol–water partition coefficient (Wildman–Crippen LogP) is 1.72. The lowest BCUT2D eigenvalue weighted by Crippen LogP contribution is -2.51. The van der Waals surface area contributed by atoms with Gasteiger partial charge in [0.1, 0.15) is 11.6 Å². The molecule has 1 saturated carbocycles. The molecule has 1 aliphatic heterocycles. The number of rotatable bonds is 6. The predicted molar refractivity (Wildman–Crippen MR) is 104 cm³/mol. The number of imide groups is 1. The number of hydrogen-bond donors (Lipinski definition) is 2. The van der Waals surface area contributed by atoms with Gasteiger partial charge in [0.25, 0.3) is 0 Å². The molecular weight excluding hydrogens is 363 g/mol.